The highest BCUT2D eigenvalue weighted by Crippen LogP contribution is 2.36. The SMILES string of the molecule is CC(C)(C)OC(=O)n1c(-c2ccc(N)c3c2C(=O)NC3=O)cc2cc(CN3CCN(CCO)CC3)ccc21. The summed E-state index contributed by atoms with van der Waals surface area (Å²) < 4.78 is 7.18. The first-order valence-corrected chi connectivity index (χ1v) is 12.8. The fourth-order valence-corrected chi connectivity index (χ4v) is 5.18. The maximum absolute atomic E-state index is 13.4. The number of nitrogens with two attached hydrogens (primary N) is 1. The van der Waals surface area contributed by atoms with Crippen LogP contribution in [0.5, 0.6) is 0 Å². The molecular formula is C28H33N5O5. The van der Waals surface area contributed by atoms with Crippen LogP contribution in [0.25, 0.3) is 22.2 Å². The summed E-state index contributed by atoms with van der Waals surface area (Å²) in [6.45, 7) is 10.6. The molecule has 3 aromatic rings. The number of hydrogen-bond acceptors (Lipinski definition) is 8. The third-order valence-electron chi connectivity index (χ3n) is 6.92. The van der Waals surface area contributed by atoms with Gasteiger partial charge in [-0.15, -0.1) is 0 Å². The number of nitrogens with one attached hydrogen (secondary N) is 1. The number of benzene rings is 2. The van der Waals surface area contributed by atoms with E-state index in [9.17, 15) is 19.5 Å². The summed E-state index contributed by atoms with van der Waals surface area (Å²) in [5.41, 5.74) is 8.39. The molecule has 1 fully saturated rings. The number of anilines is 1. The van der Waals surface area contributed by atoms with Gasteiger partial charge in [-0.05, 0) is 56.7 Å². The zero-order chi connectivity index (χ0) is 27.2. The van der Waals surface area contributed by atoms with E-state index in [-0.39, 0.29) is 23.4 Å². The number of ether oxygens (including phenoxy) is 1. The number of piperazine rings is 1. The van der Waals surface area contributed by atoms with Crippen LogP contribution in [0.4, 0.5) is 10.5 Å². The van der Waals surface area contributed by atoms with Gasteiger partial charge in [0.1, 0.15) is 5.60 Å². The van der Waals surface area contributed by atoms with Gasteiger partial charge in [0.15, 0.2) is 0 Å². The molecule has 2 aliphatic heterocycles. The number of β-amino-alcohol motifs (C(OH)–C–C–N with tert-alkyl or cyclic N) is 1. The average molecular weight is 520 g/mol. The number of carbonyl (C=O) groups is 3. The minimum Gasteiger partial charge on any atom is -0.443 e. The van der Waals surface area contributed by atoms with E-state index in [1.54, 1.807) is 32.9 Å². The molecule has 0 saturated carbocycles. The summed E-state index contributed by atoms with van der Waals surface area (Å²) in [4.78, 5) is 43.2. The lowest BCUT2D eigenvalue weighted by molar-refractivity contribution is 0.0546. The molecule has 1 saturated heterocycles. The summed E-state index contributed by atoms with van der Waals surface area (Å²) in [6, 6.07) is 11.0. The van der Waals surface area contributed by atoms with Gasteiger partial charge in [0.2, 0.25) is 0 Å². The van der Waals surface area contributed by atoms with Crippen LogP contribution < -0.4 is 11.1 Å². The molecule has 0 bridgehead atoms. The smallest absolute Gasteiger partial charge is 0.419 e. The van der Waals surface area contributed by atoms with Gasteiger partial charge in [0.25, 0.3) is 11.8 Å². The van der Waals surface area contributed by atoms with Gasteiger partial charge in [-0.3, -0.25) is 24.7 Å². The molecular weight excluding hydrogens is 486 g/mol. The van der Waals surface area contributed by atoms with Gasteiger partial charge < -0.3 is 15.6 Å². The zero-order valence-corrected chi connectivity index (χ0v) is 21.9. The van der Waals surface area contributed by atoms with E-state index in [1.807, 2.05) is 24.3 Å². The van der Waals surface area contributed by atoms with Crippen molar-refractivity contribution in [3.05, 3.63) is 53.1 Å². The first-order valence-electron chi connectivity index (χ1n) is 12.8. The lowest BCUT2D eigenvalue weighted by atomic mass is 9.98. The molecule has 0 unspecified atom stereocenters. The Labute approximate surface area is 220 Å². The molecule has 10 nitrogen and oxygen atoms in total. The Kier molecular flexibility index (Phi) is 6.72. The Morgan fingerprint density at radius 3 is 2.37 bits per heavy atom. The fraction of sp³-hybridized carbons (Fsp3) is 0.393. The Morgan fingerprint density at radius 2 is 1.68 bits per heavy atom. The maximum Gasteiger partial charge on any atom is 0.419 e. The first kappa shape index (κ1) is 25.9. The minimum absolute atomic E-state index is 0.120. The molecule has 0 aliphatic carbocycles. The summed E-state index contributed by atoms with van der Waals surface area (Å²) in [6.07, 6.45) is -0.578. The van der Waals surface area contributed by atoms with Crippen molar-refractivity contribution >= 4 is 34.5 Å². The fourth-order valence-electron chi connectivity index (χ4n) is 5.18. The van der Waals surface area contributed by atoms with Crippen LogP contribution in [0.3, 0.4) is 0 Å². The zero-order valence-electron chi connectivity index (χ0n) is 21.9. The maximum atomic E-state index is 13.4. The topological polar surface area (TPSA) is 130 Å². The number of fused-ring (bicyclic) bond motifs is 2. The van der Waals surface area contributed by atoms with Crippen LogP contribution in [0.15, 0.2) is 36.4 Å². The van der Waals surface area contributed by atoms with Gasteiger partial charge in [-0.2, -0.15) is 0 Å². The number of nitrogen functional groups attached to an aromatic ring is 1. The molecule has 2 aromatic carbocycles. The van der Waals surface area contributed by atoms with E-state index >= 15 is 0 Å². The number of carbonyl (C=O) groups excluding carboxylic acids is 3. The second-order valence-electron chi connectivity index (χ2n) is 10.8. The van der Waals surface area contributed by atoms with Crippen molar-refractivity contribution in [2.75, 3.05) is 45.1 Å². The predicted octanol–water partition coefficient (Wildman–Crippen LogP) is 2.67. The molecule has 0 atom stereocenters. The molecule has 10 heteroatoms. The highest BCUT2D eigenvalue weighted by Gasteiger charge is 2.34. The summed E-state index contributed by atoms with van der Waals surface area (Å²) in [5.74, 6) is -1.10. The van der Waals surface area contributed by atoms with E-state index in [4.69, 9.17) is 10.5 Å². The number of imide groups is 1. The van der Waals surface area contributed by atoms with Crippen molar-refractivity contribution in [3.63, 3.8) is 0 Å². The first-order chi connectivity index (χ1) is 18.1. The van der Waals surface area contributed by atoms with Crippen molar-refractivity contribution in [1.82, 2.24) is 19.7 Å². The number of aliphatic hydroxyl groups is 1. The van der Waals surface area contributed by atoms with E-state index < -0.39 is 23.5 Å². The number of rotatable bonds is 5. The van der Waals surface area contributed by atoms with Crippen LogP contribution >= 0.6 is 0 Å². The molecule has 2 aliphatic rings. The number of nitrogens with zero attached hydrogens (tertiary/aromatic N) is 3. The van der Waals surface area contributed by atoms with Gasteiger partial charge in [0.05, 0.1) is 28.9 Å². The van der Waals surface area contributed by atoms with Crippen LogP contribution in [0.2, 0.25) is 0 Å². The van der Waals surface area contributed by atoms with Crippen molar-refractivity contribution in [2.45, 2.75) is 32.9 Å². The highest BCUT2D eigenvalue weighted by atomic mass is 16.6. The van der Waals surface area contributed by atoms with Crippen molar-refractivity contribution < 1.29 is 24.2 Å². The van der Waals surface area contributed by atoms with Gasteiger partial charge >= 0.3 is 6.09 Å². The van der Waals surface area contributed by atoms with Crippen molar-refractivity contribution in [3.8, 4) is 11.3 Å². The van der Waals surface area contributed by atoms with Gasteiger partial charge in [0, 0.05) is 55.9 Å². The standard InChI is InChI=1S/C28H33N5O5/c1-28(2,3)38-27(37)33-21-7-4-17(16-32-10-8-31(9-11-32)12-13-34)14-18(21)15-22(33)19-5-6-20(29)24-23(19)25(35)30-26(24)36/h4-7,14-15,34H,8-13,16,29H2,1-3H3,(H,30,35,36). The second-order valence-corrected chi connectivity index (χ2v) is 10.8. The number of amides is 2. The van der Waals surface area contributed by atoms with Crippen molar-refractivity contribution in [2.24, 2.45) is 0 Å². The highest BCUT2D eigenvalue weighted by molar-refractivity contribution is 6.26. The molecule has 1 aromatic heterocycles. The molecule has 0 radical (unpaired) electrons. The molecule has 4 N–H and O–H groups in total. The molecule has 2 amide bonds. The quantitative estimate of drug-likeness (QED) is 0.347. The monoisotopic (exact) mass is 519 g/mol. The Morgan fingerprint density at radius 1 is 1.00 bits per heavy atom. The summed E-state index contributed by atoms with van der Waals surface area (Å²) in [5, 5.41) is 12.3. The third-order valence-corrected chi connectivity index (χ3v) is 6.92. The van der Waals surface area contributed by atoms with E-state index in [0.717, 1.165) is 43.7 Å². The normalized spacial score (nSPS) is 16.6. The lowest BCUT2D eigenvalue weighted by Crippen LogP contribution is -2.46. The van der Waals surface area contributed by atoms with Crippen LogP contribution in [-0.4, -0.2) is 82.3 Å². The van der Waals surface area contributed by atoms with Gasteiger partial charge in [-0.25, -0.2) is 9.36 Å². The lowest BCUT2D eigenvalue weighted by Gasteiger charge is -2.34. The number of hydrogen-bond donors (Lipinski definition) is 3. The Balaban J connectivity index is 1.56. The average Bonchev–Trinajstić information content (AvgIpc) is 3.37. The van der Waals surface area contributed by atoms with Gasteiger partial charge in [-0.1, -0.05) is 6.07 Å². The number of aromatic nitrogens is 1. The predicted molar refractivity (Wildman–Crippen MR) is 144 cm³/mol. The van der Waals surface area contributed by atoms with E-state index in [0.29, 0.717) is 23.3 Å². The van der Waals surface area contributed by atoms with Crippen LogP contribution in [-0.2, 0) is 11.3 Å². The van der Waals surface area contributed by atoms with Crippen LogP contribution in [0, 0.1) is 0 Å². The second kappa shape index (κ2) is 9.86. The number of aliphatic hydroxyl groups excluding tert-OH is 1. The Bertz CT molecular complexity index is 1430. The summed E-state index contributed by atoms with van der Waals surface area (Å²) in [7, 11) is 0. The molecule has 3 heterocycles. The molecule has 5 rings (SSSR count). The van der Waals surface area contributed by atoms with E-state index in [1.165, 1.54) is 4.57 Å². The summed E-state index contributed by atoms with van der Waals surface area (Å²) >= 11 is 0. The Hall–Kier alpha value is -3.73. The van der Waals surface area contributed by atoms with E-state index in [2.05, 4.69) is 15.1 Å². The van der Waals surface area contributed by atoms with Crippen molar-refractivity contribution in [1.29, 1.82) is 0 Å². The minimum atomic E-state index is -0.737. The molecule has 38 heavy (non-hydrogen) atoms. The molecule has 0 spiro atoms. The largest absolute Gasteiger partial charge is 0.443 e. The third kappa shape index (κ3) is 4.90. The van der Waals surface area contributed by atoms with Crippen LogP contribution in [0.1, 0.15) is 47.1 Å². The molecule has 200 valence electrons.